The van der Waals surface area contributed by atoms with Gasteiger partial charge in [-0.2, -0.15) is 0 Å². The fourth-order valence-electron chi connectivity index (χ4n) is 3.52. The summed E-state index contributed by atoms with van der Waals surface area (Å²) in [6.45, 7) is 1.83. The van der Waals surface area contributed by atoms with E-state index in [1.807, 2.05) is 6.92 Å². The first-order valence-corrected chi connectivity index (χ1v) is 12.2. The molecule has 1 aromatic carbocycles. The number of aryl methyl sites for hydroxylation is 1. The van der Waals surface area contributed by atoms with Crippen molar-refractivity contribution in [2.45, 2.75) is 74.4 Å². The molecule has 2 aliphatic carbocycles. The number of halogens is 1. The number of aromatic nitrogens is 5. The number of hydrogen-bond donors (Lipinski definition) is 4. The molecule has 2 saturated carbocycles. The van der Waals surface area contributed by atoms with E-state index in [4.69, 9.17) is 17.1 Å². The number of rotatable bonds is 10. The van der Waals surface area contributed by atoms with Crippen molar-refractivity contribution in [3.05, 3.63) is 35.1 Å². The molecule has 0 aliphatic heterocycles. The lowest BCUT2D eigenvalue weighted by Gasteiger charge is -2.17. The van der Waals surface area contributed by atoms with Crippen LogP contribution in [0, 0.1) is 12.7 Å². The summed E-state index contributed by atoms with van der Waals surface area (Å²) >= 11 is 1.10. The molecule has 4 N–H and O–H groups in total. The second-order valence-corrected chi connectivity index (χ2v) is 9.11. The summed E-state index contributed by atoms with van der Waals surface area (Å²) in [6, 6.07) is -0.912. The van der Waals surface area contributed by atoms with Crippen LogP contribution < -0.4 is 5.32 Å². The SMILES string of the molecule is [2H]C1([2H])[C@@H](Nc2nc(SCCC)nc3c2nnn3[C@]2([2H])C([2H])([2H])[C@]([2H])(OCCO)[C@@]([2H])(O)[C@@]2([2H])O)[C@]1([2H])c1ccc(C)c(F)c1. The minimum atomic E-state index is -3.86. The number of nitrogens with one attached hydrogen (secondary N) is 1. The van der Waals surface area contributed by atoms with Crippen molar-refractivity contribution in [2.24, 2.45) is 0 Å². The van der Waals surface area contributed by atoms with Gasteiger partial charge in [-0.25, -0.2) is 19.0 Å². The maximum atomic E-state index is 14.4. The van der Waals surface area contributed by atoms with Gasteiger partial charge in [0.2, 0.25) is 0 Å². The Kier molecular flexibility index (Phi) is 4.82. The van der Waals surface area contributed by atoms with Crippen molar-refractivity contribution in [1.29, 1.82) is 0 Å². The molecule has 5 rings (SSSR count). The van der Waals surface area contributed by atoms with Crippen molar-refractivity contribution in [1.82, 2.24) is 25.0 Å². The third-order valence-corrected chi connectivity index (χ3v) is 6.48. The Morgan fingerprint density at radius 3 is 2.89 bits per heavy atom. The van der Waals surface area contributed by atoms with Crippen LogP contribution in [0.1, 0.15) is 61.5 Å². The molecule has 2 heterocycles. The first-order chi connectivity index (χ1) is 20.7. The van der Waals surface area contributed by atoms with Gasteiger partial charge in [0.15, 0.2) is 22.1 Å². The molecule has 0 unspecified atom stereocenters. The molecular weight excluding hydrogens is 487 g/mol. The largest absolute Gasteiger partial charge is 0.394 e. The van der Waals surface area contributed by atoms with E-state index >= 15 is 0 Å². The Morgan fingerprint density at radius 2 is 2.14 bits per heavy atom. The third-order valence-electron chi connectivity index (χ3n) is 5.43. The lowest BCUT2D eigenvalue weighted by Crippen LogP contribution is -2.33. The van der Waals surface area contributed by atoms with Gasteiger partial charge in [-0.15, -0.1) is 5.10 Å². The van der Waals surface area contributed by atoms with Crippen LogP contribution in [-0.4, -0.2) is 83.5 Å². The smallest absolute Gasteiger partial charge is 0.191 e. The zero-order chi connectivity index (χ0) is 33.6. The molecule has 0 bridgehead atoms. The minimum absolute atomic E-state index is 0.0148. The fourth-order valence-corrected chi connectivity index (χ4v) is 4.22. The standard InChI is InChI=1S/C24H31FN6O4S/c1-3-8-36-24-27-22(26-16-10-14(16)13-5-4-12(2)15(25)9-13)19-23(28-24)31(30-29-19)17-11-18(35-7-6-32)21(34)20(17)33/h4-5,9,14,16-18,20-21,32-34H,3,6-8,10-11H2,1-2H3,(H,26,27,28)/t14-,16+,17+,18-,20-,21+/m0/s1/i10D2,11D2,14D,17D,18D,20D,21D. The number of hydrogen-bond acceptors (Lipinski definition) is 10. The van der Waals surface area contributed by atoms with Crippen molar-refractivity contribution in [3.63, 3.8) is 0 Å². The molecule has 0 saturated heterocycles. The summed E-state index contributed by atoms with van der Waals surface area (Å²) < 4.78 is 97.4. The summed E-state index contributed by atoms with van der Waals surface area (Å²) in [5.74, 6) is -2.35. The van der Waals surface area contributed by atoms with E-state index in [2.05, 4.69) is 25.6 Å². The summed E-state index contributed by atoms with van der Waals surface area (Å²) in [4.78, 5) is 8.65. The quantitative estimate of drug-likeness (QED) is 0.229. The van der Waals surface area contributed by atoms with Gasteiger partial charge in [0.25, 0.3) is 0 Å². The summed E-state index contributed by atoms with van der Waals surface area (Å²) in [5, 5.41) is 41.7. The Bertz CT molecular complexity index is 1650. The van der Waals surface area contributed by atoms with Gasteiger partial charge in [-0.1, -0.05) is 36.0 Å². The zero-order valence-electron chi connectivity index (χ0n) is 28.4. The van der Waals surface area contributed by atoms with Crippen LogP contribution in [0.2, 0.25) is 0 Å². The number of ether oxygens (including phenoxy) is 1. The van der Waals surface area contributed by atoms with Gasteiger partial charge in [0, 0.05) is 30.9 Å². The molecule has 194 valence electrons. The van der Waals surface area contributed by atoms with Crippen molar-refractivity contribution in [3.8, 4) is 0 Å². The molecule has 36 heavy (non-hydrogen) atoms. The van der Waals surface area contributed by atoms with Crippen LogP contribution >= 0.6 is 11.8 Å². The monoisotopic (exact) mass is 527 g/mol. The molecule has 12 heteroatoms. The van der Waals surface area contributed by atoms with Gasteiger partial charge >= 0.3 is 0 Å². The van der Waals surface area contributed by atoms with Gasteiger partial charge in [0.1, 0.15) is 18.0 Å². The number of benzene rings is 1. The van der Waals surface area contributed by atoms with Gasteiger partial charge < -0.3 is 25.4 Å². The number of fused-ring (bicyclic) bond motifs is 1. The first-order valence-electron chi connectivity index (χ1n) is 15.7. The molecule has 2 aromatic heterocycles. The molecule has 2 aliphatic rings. The van der Waals surface area contributed by atoms with Gasteiger partial charge in [0.05, 0.1) is 30.8 Å². The van der Waals surface area contributed by atoms with E-state index in [0.717, 1.165) is 17.8 Å². The number of anilines is 1. The number of nitrogens with zero attached hydrogens (tertiary/aromatic N) is 5. The maximum absolute atomic E-state index is 14.4. The van der Waals surface area contributed by atoms with Crippen LogP contribution in [-0.2, 0) is 4.74 Å². The summed E-state index contributed by atoms with van der Waals surface area (Å²) in [6.07, 6.45) is -16.4. The molecule has 2 fully saturated rings. The van der Waals surface area contributed by atoms with Gasteiger partial charge in [-0.05, 0) is 36.9 Å². The predicted octanol–water partition coefficient (Wildman–Crippen LogP) is 2.18. The van der Waals surface area contributed by atoms with Gasteiger partial charge in [-0.3, -0.25) is 0 Å². The Balaban J connectivity index is 1.67. The minimum Gasteiger partial charge on any atom is -0.394 e. The average Bonchev–Trinajstić information content (AvgIpc) is 3.22. The summed E-state index contributed by atoms with van der Waals surface area (Å²) in [7, 11) is 0. The molecular formula is C24H31FN6O4S. The number of thioether (sulfide) groups is 1. The topological polar surface area (TPSA) is 138 Å². The van der Waals surface area contributed by atoms with E-state index in [1.54, 1.807) is 0 Å². The van der Waals surface area contributed by atoms with E-state index in [-0.39, 0.29) is 22.1 Å². The zero-order valence-corrected chi connectivity index (χ0v) is 20.2. The lowest BCUT2D eigenvalue weighted by atomic mass is 10.1. The average molecular weight is 528 g/mol. The first kappa shape index (κ1) is 16.5. The molecule has 10 nitrogen and oxygen atoms in total. The highest BCUT2D eigenvalue weighted by molar-refractivity contribution is 7.99. The predicted molar refractivity (Wildman–Crippen MR) is 133 cm³/mol. The molecule has 0 spiro atoms. The van der Waals surface area contributed by atoms with E-state index in [0.29, 0.717) is 22.4 Å². The van der Waals surface area contributed by atoms with Crippen LogP contribution in [0.4, 0.5) is 10.2 Å². The van der Waals surface area contributed by atoms with Crippen molar-refractivity contribution in [2.75, 3.05) is 24.3 Å². The van der Waals surface area contributed by atoms with Crippen molar-refractivity contribution < 1.29 is 36.8 Å². The molecule has 3 aromatic rings. The number of aliphatic hydroxyl groups excluding tert-OH is 1. The lowest BCUT2D eigenvalue weighted by molar-refractivity contribution is -0.0629. The maximum Gasteiger partial charge on any atom is 0.191 e. The summed E-state index contributed by atoms with van der Waals surface area (Å²) in [5.41, 5.74) is -0.448. The van der Waals surface area contributed by atoms with E-state index in [1.165, 1.54) is 19.1 Å². The molecule has 0 radical (unpaired) electrons. The second kappa shape index (κ2) is 10.5. The van der Waals surface area contributed by atoms with Crippen LogP contribution in [0.5, 0.6) is 0 Å². The van der Waals surface area contributed by atoms with Crippen LogP contribution in [0.15, 0.2) is 23.4 Å². The Labute approximate surface area is 224 Å². The van der Waals surface area contributed by atoms with E-state index < -0.39 is 73.6 Å². The second-order valence-electron chi connectivity index (χ2n) is 8.05. The Hall–Kier alpha value is -2.38. The molecule has 0 amide bonds. The Morgan fingerprint density at radius 1 is 1.31 bits per heavy atom. The fraction of sp³-hybridized carbons (Fsp3) is 0.583. The normalized spacial score (nSPS) is 44.3. The highest BCUT2D eigenvalue weighted by Crippen LogP contribution is 2.44. The molecule has 6 atom stereocenters. The van der Waals surface area contributed by atoms with Crippen LogP contribution in [0.25, 0.3) is 11.2 Å². The van der Waals surface area contributed by atoms with E-state index in [9.17, 15) is 19.7 Å². The van der Waals surface area contributed by atoms with Crippen LogP contribution in [0.3, 0.4) is 0 Å². The highest BCUT2D eigenvalue weighted by Gasteiger charge is 2.45. The number of aliphatic hydroxyl groups is 3. The third kappa shape index (κ3) is 4.92. The van der Waals surface area contributed by atoms with Crippen molar-refractivity contribution >= 4 is 28.7 Å². The highest BCUT2D eigenvalue weighted by atomic mass is 32.2.